The van der Waals surface area contributed by atoms with Crippen molar-refractivity contribution >= 4 is 0 Å². The topological polar surface area (TPSA) is 49.7 Å². The smallest absolute Gasteiger partial charge is 0.0612 e. The van der Waals surface area contributed by atoms with Crippen LogP contribution >= 0.6 is 0 Å². The van der Waals surface area contributed by atoms with Crippen LogP contribution in [0.3, 0.4) is 0 Å². The molecule has 0 unspecified atom stereocenters. The van der Waals surface area contributed by atoms with Gasteiger partial charge in [-0.15, -0.1) is 0 Å². The minimum absolute atomic E-state index is 0.00535. The molecule has 7 atom stereocenters. The van der Waals surface area contributed by atoms with Gasteiger partial charge in [0.05, 0.1) is 18.8 Å². The number of hydrogen-bond donors (Lipinski definition) is 2. The fourth-order valence-corrected chi connectivity index (χ4v) is 7.07. The maximum absolute atomic E-state index is 10.5. The highest BCUT2D eigenvalue weighted by atomic mass is 16.5. The van der Waals surface area contributed by atoms with Crippen molar-refractivity contribution in [1.82, 2.24) is 0 Å². The molecular weight excluding hydrogens is 300 g/mol. The Balaban J connectivity index is 1.63. The van der Waals surface area contributed by atoms with E-state index in [9.17, 15) is 10.2 Å². The van der Waals surface area contributed by atoms with E-state index in [1.807, 2.05) is 0 Å². The molecule has 0 spiro atoms. The summed E-state index contributed by atoms with van der Waals surface area (Å²) in [6, 6.07) is 0. The summed E-state index contributed by atoms with van der Waals surface area (Å²) in [6.07, 6.45) is 11.5. The second kappa shape index (κ2) is 6.10. The third kappa shape index (κ3) is 2.27. The molecule has 0 radical (unpaired) electrons. The second-order valence-electron chi connectivity index (χ2n) is 9.11. The highest BCUT2D eigenvalue weighted by Gasteiger charge is 2.59. The van der Waals surface area contributed by atoms with Crippen LogP contribution in [0.1, 0.15) is 65.2 Å². The van der Waals surface area contributed by atoms with Crippen molar-refractivity contribution in [3.63, 3.8) is 0 Å². The lowest BCUT2D eigenvalue weighted by Gasteiger charge is -2.58. The molecule has 2 N–H and O–H groups in total. The largest absolute Gasteiger partial charge is 0.395 e. The Hall–Kier alpha value is -0.380. The van der Waals surface area contributed by atoms with Crippen molar-refractivity contribution in [2.24, 2.45) is 28.6 Å². The van der Waals surface area contributed by atoms with Gasteiger partial charge in [-0.1, -0.05) is 18.6 Å². The number of aliphatic hydroxyl groups excluding tert-OH is 2. The van der Waals surface area contributed by atoms with Crippen molar-refractivity contribution < 1.29 is 14.9 Å². The maximum atomic E-state index is 10.5. The molecule has 0 aromatic rings. The monoisotopic (exact) mass is 334 g/mol. The van der Waals surface area contributed by atoms with Crippen LogP contribution in [0.25, 0.3) is 0 Å². The van der Waals surface area contributed by atoms with Gasteiger partial charge in [-0.25, -0.2) is 0 Å². The summed E-state index contributed by atoms with van der Waals surface area (Å²) in [7, 11) is 0. The molecule has 24 heavy (non-hydrogen) atoms. The van der Waals surface area contributed by atoms with Crippen LogP contribution in [0, 0.1) is 28.6 Å². The van der Waals surface area contributed by atoms with Crippen LogP contribution in [0.15, 0.2) is 11.6 Å². The zero-order valence-electron chi connectivity index (χ0n) is 15.3. The lowest BCUT2D eigenvalue weighted by molar-refractivity contribution is -0.0928. The highest BCUT2D eigenvalue weighted by molar-refractivity contribution is 5.26. The molecule has 3 fully saturated rings. The van der Waals surface area contributed by atoms with E-state index in [-0.39, 0.29) is 16.9 Å². The Kier molecular flexibility index (Phi) is 4.34. The van der Waals surface area contributed by atoms with E-state index >= 15 is 0 Å². The van der Waals surface area contributed by atoms with Gasteiger partial charge in [-0.2, -0.15) is 0 Å². The SMILES string of the molecule is CCO[C@H]1CC[C@@]2(CO)C(=CC[C@@H]3[C@@H]2CC[C@]2(C)[C@@H](O)CC[C@@H]32)C1. The van der Waals surface area contributed by atoms with E-state index in [0.29, 0.717) is 30.5 Å². The van der Waals surface area contributed by atoms with Crippen molar-refractivity contribution in [1.29, 1.82) is 0 Å². The van der Waals surface area contributed by atoms with Crippen molar-refractivity contribution in [2.45, 2.75) is 77.4 Å². The lowest BCUT2D eigenvalue weighted by atomic mass is 9.47. The van der Waals surface area contributed by atoms with Crippen LogP contribution in [-0.4, -0.2) is 35.6 Å². The Morgan fingerprint density at radius 3 is 2.75 bits per heavy atom. The van der Waals surface area contributed by atoms with Gasteiger partial charge < -0.3 is 14.9 Å². The number of hydrogen-bond acceptors (Lipinski definition) is 3. The van der Waals surface area contributed by atoms with Gasteiger partial charge in [0.25, 0.3) is 0 Å². The summed E-state index contributed by atoms with van der Waals surface area (Å²) >= 11 is 0. The first kappa shape index (κ1) is 17.1. The summed E-state index contributed by atoms with van der Waals surface area (Å²) in [5, 5.41) is 21.0. The molecule has 0 bridgehead atoms. The fraction of sp³-hybridized carbons (Fsp3) is 0.905. The fourth-order valence-electron chi connectivity index (χ4n) is 7.07. The van der Waals surface area contributed by atoms with Gasteiger partial charge in [-0.05, 0) is 81.5 Å². The highest BCUT2D eigenvalue weighted by Crippen LogP contribution is 2.64. The normalized spacial score (nSPS) is 50.7. The standard InChI is InChI=1S/C21H34O3/c1-3-24-15-8-11-21(13-22)14(12-15)4-5-16-17-6-7-19(23)20(17,2)10-9-18(16)21/h4,15-19,22-23H,3,5-13H2,1-2H3/t15-,16-,17-,18-,19-,20-,21+/m0/s1. The molecule has 0 saturated heterocycles. The predicted octanol–water partition coefficient (Wildman–Crippen LogP) is 3.69. The summed E-state index contributed by atoms with van der Waals surface area (Å²) in [4.78, 5) is 0. The number of aliphatic hydroxyl groups is 2. The molecule has 4 rings (SSSR count). The molecular formula is C21H34O3. The second-order valence-corrected chi connectivity index (χ2v) is 9.11. The average Bonchev–Trinajstić information content (AvgIpc) is 2.90. The third-order valence-corrected chi connectivity index (χ3v) is 8.42. The summed E-state index contributed by atoms with van der Waals surface area (Å²) in [6.45, 7) is 5.48. The first-order chi connectivity index (χ1) is 11.5. The van der Waals surface area contributed by atoms with Gasteiger partial charge in [-0.3, -0.25) is 0 Å². The summed E-state index contributed by atoms with van der Waals surface area (Å²) in [5.74, 6) is 1.89. The lowest BCUT2D eigenvalue weighted by Crippen LogP contribution is -2.53. The molecule has 0 aliphatic heterocycles. The van der Waals surface area contributed by atoms with Gasteiger partial charge in [0, 0.05) is 12.0 Å². The first-order valence-corrected chi connectivity index (χ1v) is 10.1. The number of ether oxygens (including phenoxy) is 1. The molecule has 0 heterocycles. The quantitative estimate of drug-likeness (QED) is 0.774. The number of fused-ring (bicyclic) bond motifs is 5. The summed E-state index contributed by atoms with van der Waals surface area (Å²) < 4.78 is 5.90. The molecule has 3 heteroatoms. The molecule has 0 aromatic heterocycles. The van der Waals surface area contributed by atoms with Crippen molar-refractivity contribution in [3.8, 4) is 0 Å². The van der Waals surface area contributed by atoms with E-state index in [0.717, 1.165) is 45.1 Å². The Labute approximate surface area is 146 Å². The van der Waals surface area contributed by atoms with Gasteiger partial charge in [0.2, 0.25) is 0 Å². The predicted molar refractivity (Wildman–Crippen MR) is 94.5 cm³/mol. The molecule has 3 nitrogen and oxygen atoms in total. The minimum atomic E-state index is -0.118. The molecule has 0 amide bonds. The average molecular weight is 335 g/mol. The van der Waals surface area contributed by atoms with Crippen molar-refractivity contribution in [2.75, 3.05) is 13.2 Å². The van der Waals surface area contributed by atoms with E-state index in [1.54, 1.807) is 0 Å². The Bertz CT molecular complexity index is 515. The van der Waals surface area contributed by atoms with E-state index in [1.165, 1.54) is 18.4 Å². The minimum Gasteiger partial charge on any atom is -0.395 e. The van der Waals surface area contributed by atoms with Crippen LogP contribution in [0.4, 0.5) is 0 Å². The number of rotatable bonds is 3. The third-order valence-electron chi connectivity index (χ3n) is 8.42. The maximum Gasteiger partial charge on any atom is 0.0612 e. The van der Waals surface area contributed by atoms with E-state index < -0.39 is 0 Å². The van der Waals surface area contributed by atoms with E-state index in [2.05, 4.69) is 19.9 Å². The molecule has 0 aromatic carbocycles. The molecule has 4 aliphatic rings. The van der Waals surface area contributed by atoms with Crippen LogP contribution in [0.5, 0.6) is 0 Å². The summed E-state index contributed by atoms with van der Waals surface area (Å²) in [5.41, 5.74) is 1.61. The first-order valence-electron chi connectivity index (χ1n) is 10.1. The van der Waals surface area contributed by atoms with Crippen molar-refractivity contribution in [3.05, 3.63) is 11.6 Å². The van der Waals surface area contributed by atoms with Crippen LogP contribution in [0.2, 0.25) is 0 Å². The zero-order chi connectivity index (χ0) is 16.9. The zero-order valence-corrected chi connectivity index (χ0v) is 15.3. The van der Waals surface area contributed by atoms with Gasteiger partial charge in [0.15, 0.2) is 0 Å². The van der Waals surface area contributed by atoms with Gasteiger partial charge >= 0.3 is 0 Å². The van der Waals surface area contributed by atoms with Gasteiger partial charge in [0.1, 0.15) is 0 Å². The molecule has 4 aliphatic carbocycles. The molecule has 3 saturated carbocycles. The number of allylic oxidation sites excluding steroid dienone is 1. The van der Waals surface area contributed by atoms with E-state index in [4.69, 9.17) is 4.74 Å². The Morgan fingerprint density at radius 1 is 1.17 bits per heavy atom. The molecule has 136 valence electrons. The Morgan fingerprint density at radius 2 is 2.00 bits per heavy atom. The van der Waals surface area contributed by atoms with Crippen LogP contribution in [-0.2, 0) is 4.74 Å². The van der Waals surface area contributed by atoms with Crippen LogP contribution < -0.4 is 0 Å².